The molecular weight excluding hydrogens is 226 g/mol. The first-order valence-corrected chi connectivity index (χ1v) is 6.36. The van der Waals surface area contributed by atoms with Crippen LogP contribution in [0.3, 0.4) is 0 Å². The van der Waals surface area contributed by atoms with Crippen LogP contribution in [0.4, 0.5) is 0 Å². The summed E-state index contributed by atoms with van der Waals surface area (Å²) in [5.74, 6) is 0. The van der Waals surface area contributed by atoms with Crippen LogP contribution in [0.25, 0.3) is 0 Å². The number of aromatic nitrogens is 1. The van der Waals surface area contributed by atoms with Crippen molar-refractivity contribution in [1.29, 1.82) is 0 Å². The van der Waals surface area contributed by atoms with Gasteiger partial charge in [-0.2, -0.15) is 0 Å². The minimum absolute atomic E-state index is 0.266. The summed E-state index contributed by atoms with van der Waals surface area (Å²) in [5.41, 5.74) is 0.697. The Hall–Kier alpha value is -0.930. The first-order chi connectivity index (χ1) is 8.03. The third-order valence-corrected chi connectivity index (χ3v) is 2.99. The number of rotatable bonds is 2. The molecular formula is C15H25NO2. The number of nitrogens with zero attached hydrogens (tertiary/aromatic N) is 1. The second kappa shape index (κ2) is 4.98. The van der Waals surface area contributed by atoms with E-state index in [1.807, 2.05) is 47.6 Å². The van der Waals surface area contributed by atoms with Gasteiger partial charge in [0.1, 0.15) is 12.2 Å². The Labute approximate surface area is 110 Å². The Bertz CT molecular complexity index is 366. The highest BCUT2D eigenvalue weighted by Crippen LogP contribution is 2.34. The van der Waals surface area contributed by atoms with E-state index in [1.54, 1.807) is 12.1 Å². The summed E-state index contributed by atoms with van der Waals surface area (Å²) in [6.07, 6.45) is -1.27. The highest BCUT2D eigenvalue weighted by atomic mass is 16.3. The van der Waals surface area contributed by atoms with Gasteiger partial charge in [-0.3, -0.25) is 4.98 Å². The van der Waals surface area contributed by atoms with Gasteiger partial charge in [0.15, 0.2) is 0 Å². The van der Waals surface area contributed by atoms with E-state index in [2.05, 4.69) is 4.98 Å². The summed E-state index contributed by atoms with van der Waals surface area (Å²) in [7, 11) is 0. The molecule has 1 aromatic heterocycles. The van der Waals surface area contributed by atoms with E-state index in [4.69, 9.17) is 0 Å². The summed E-state index contributed by atoms with van der Waals surface area (Å²) in [6, 6.07) is 5.44. The molecule has 1 rings (SSSR count). The van der Waals surface area contributed by atoms with E-state index in [-0.39, 0.29) is 10.8 Å². The molecule has 0 unspecified atom stereocenters. The lowest BCUT2D eigenvalue weighted by Crippen LogP contribution is -2.22. The second-order valence-corrected chi connectivity index (χ2v) is 7.02. The Morgan fingerprint density at radius 1 is 0.833 bits per heavy atom. The fourth-order valence-electron chi connectivity index (χ4n) is 1.66. The molecule has 102 valence electrons. The van der Waals surface area contributed by atoms with Crippen molar-refractivity contribution in [3.05, 3.63) is 29.6 Å². The molecule has 2 N–H and O–H groups in total. The Balaban J connectivity index is 3.07. The highest BCUT2D eigenvalue weighted by molar-refractivity contribution is 5.17. The van der Waals surface area contributed by atoms with Gasteiger partial charge in [0.05, 0.1) is 11.4 Å². The van der Waals surface area contributed by atoms with Gasteiger partial charge in [0.2, 0.25) is 0 Å². The lowest BCUT2D eigenvalue weighted by Gasteiger charge is -2.28. The fourth-order valence-corrected chi connectivity index (χ4v) is 1.66. The van der Waals surface area contributed by atoms with Crippen LogP contribution in [0.15, 0.2) is 18.2 Å². The molecule has 0 aliphatic carbocycles. The molecule has 0 fully saturated rings. The monoisotopic (exact) mass is 251 g/mol. The van der Waals surface area contributed by atoms with Gasteiger partial charge < -0.3 is 10.2 Å². The zero-order chi connectivity index (χ0) is 14.1. The first kappa shape index (κ1) is 15.1. The largest absolute Gasteiger partial charge is 0.386 e. The summed E-state index contributed by atoms with van der Waals surface area (Å²) in [6.45, 7) is 11.8. The smallest absolute Gasteiger partial charge is 0.101 e. The quantitative estimate of drug-likeness (QED) is 0.848. The van der Waals surface area contributed by atoms with Crippen LogP contribution in [-0.2, 0) is 0 Å². The summed E-state index contributed by atoms with van der Waals surface area (Å²) < 4.78 is 0. The molecule has 0 saturated carbocycles. The van der Waals surface area contributed by atoms with Crippen LogP contribution in [-0.4, -0.2) is 15.2 Å². The maximum absolute atomic E-state index is 10.2. The summed E-state index contributed by atoms with van der Waals surface area (Å²) in [4.78, 5) is 4.41. The van der Waals surface area contributed by atoms with Gasteiger partial charge in [-0.05, 0) is 23.0 Å². The van der Waals surface area contributed by atoms with Crippen molar-refractivity contribution in [3.8, 4) is 0 Å². The number of aliphatic hydroxyl groups is 2. The lowest BCUT2D eigenvalue weighted by atomic mass is 9.85. The van der Waals surface area contributed by atoms with E-state index in [1.165, 1.54) is 0 Å². The molecule has 0 spiro atoms. The van der Waals surface area contributed by atoms with Gasteiger partial charge in [0, 0.05) is 0 Å². The Kier molecular flexibility index (Phi) is 4.19. The lowest BCUT2D eigenvalue weighted by molar-refractivity contribution is 0.0494. The number of hydrogen-bond donors (Lipinski definition) is 2. The van der Waals surface area contributed by atoms with Crippen LogP contribution in [0.2, 0.25) is 0 Å². The van der Waals surface area contributed by atoms with Crippen molar-refractivity contribution in [2.75, 3.05) is 0 Å². The van der Waals surface area contributed by atoms with E-state index in [9.17, 15) is 10.2 Å². The number of aliphatic hydroxyl groups excluding tert-OH is 2. The second-order valence-electron chi connectivity index (χ2n) is 7.02. The predicted octanol–water partition coefficient (Wildman–Crippen LogP) is 3.24. The van der Waals surface area contributed by atoms with Gasteiger partial charge in [-0.1, -0.05) is 47.6 Å². The molecule has 0 aliphatic heterocycles. The van der Waals surface area contributed by atoms with Gasteiger partial charge in [-0.25, -0.2) is 0 Å². The van der Waals surface area contributed by atoms with Gasteiger partial charge in [0.25, 0.3) is 0 Å². The molecule has 1 aromatic rings. The maximum Gasteiger partial charge on any atom is 0.101 e. The Morgan fingerprint density at radius 3 is 1.44 bits per heavy atom. The molecule has 0 radical (unpaired) electrons. The molecule has 3 heteroatoms. The third-order valence-electron chi connectivity index (χ3n) is 2.99. The topological polar surface area (TPSA) is 53.4 Å². The van der Waals surface area contributed by atoms with Crippen molar-refractivity contribution in [2.24, 2.45) is 10.8 Å². The van der Waals surface area contributed by atoms with Crippen molar-refractivity contribution >= 4 is 0 Å². The minimum Gasteiger partial charge on any atom is -0.386 e. The average Bonchev–Trinajstić information content (AvgIpc) is 2.24. The molecule has 0 bridgehead atoms. The molecule has 0 aromatic carbocycles. The summed E-state index contributed by atoms with van der Waals surface area (Å²) in [5, 5.41) is 20.4. The Morgan fingerprint density at radius 2 is 1.17 bits per heavy atom. The molecule has 0 amide bonds. The molecule has 0 aliphatic rings. The molecule has 1 heterocycles. The van der Waals surface area contributed by atoms with Crippen molar-refractivity contribution in [2.45, 2.75) is 53.8 Å². The standard InChI is InChI=1S/C15H25NO2/c1-14(2,3)12(17)10-8-7-9-11(16-10)13(18)15(4,5)6/h7-9,12-13,17-18H,1-6H3/t12-,13-/m0/s1. The zero-order valence-corrected chi connectivity index (χ0v) is 12.2. The zero-order valence-electron chi connectivity index (χ0n) is 12.2. The van der Waals surface area contributed by atoms with Gasteiger partial charge >= 0.3 is 0 Å². The molecule has 0 saturated heterocycles. The van der Waals surface area contributed by atoms with Crippen molar-refractivity contribution < 1.29 is 10.2 Å². The maximum atomic E-state index is 10.2. The van der Waals surface area contributed by atoms with Crippen LogP contribution < -0.4 is 0 Å². The number of pyridine rings is 1. The number of hydrogen-bond acceptors (Lipinski definition) is 3. The van der Waals surface area contributed by atoms with E-state index >= 15 is 0 Å². The van der Waals surface area contributed by atoms with E-state index in [0.717, 1.165) is 0 Å². The van der Waals surface area contributed by atoms with E-state index < -0.39 is 12.2 Å². The third kappa shape index (κ3) is 3.53. The molecule has 18 heavy (non-hydrogen) atoms. The normalized spacial score (nSPS) is 16.4. The average molecular weight is 251 g/mol. The fraction of sp³-hybridized carbons (Fsp3) is 0.667. The minimum atomic E-state index is -0.635. The molecule has 2 atom stereocenters. The van der Waals surface area contributed by atoms with Crippen molar-refractivity contribution in [3.63, 3.8) is 0 Å². The highest BCUT2D eigenvalue weighted by Gasteiger charge is 2.28. The predicted molar refractivity (Wildman–Crippen MR) is 73.1 cm³/mol. The van der Waals surface area contributed by atoms with Gasteiger partial charge in [-0.15, -0.1) is 0 Å². The van der Waals surface area contributed by atoms with E-state index in [0.29, 0.717) is 11.4 Å². The van der Waals surface area contributed by atoms with Crippen LogP contribution in [0.5, 0.6) is 0 Å². The SMILES string of the molecule is CC(C)(C)[C@@H](O)c1cccc([C@H](O)C(C)(C)C)n1. The molecule has 3 nitrogen and oxygen atoms in total. The van der Waals surface area contributed by atoms with Crippen LogP contribution >= 0.6 is 0 Å². The summed E-state index contributed by atoms with van der Waals surface area (Å²) >= 11 is 0. The van der Waals surface area contributed by atoms with Crippen LogP contribution in [0.1, 0.15) is 65.1 Å². The van der Waals surface area contributed by atoms with Crippen molar-refractivity contribution in [1.82, 2.24) is 4.98 Å². The first-order valence-electron chi connectivity index (χ1n) is 6.36. The van der Waals surface area contributed by atoms with Crippen LogP contribution in [0, 0.1) is 10.8 Å².